The van der Waals surface area contributed by atoms with Crippen molar-refractivity contribution in [2.75, 3.05) is 19.7 Å². The summed E-state index contributed by atoms with van der Waals surface area (Å²) in [4.78, 5) is 15.6. The normalized spacial score (nSPS) is 18.0. The minimum atomic E-state index is 0.00695. The Bertz CT molecular complexity index is 611. The van der Waals surface area contributed by atoms with Crippen LogP contribution in [0.5, 0.6) is 0 Å². The van der Waals surface area contributed by atoms with Gasteiger partial charge in [0.15, 0.2) is 5.82 Å². The van der Waals surface area contributed by atoms with Gasteiger partial charge in [-0.25, -0.2) is 9.97 Å². The summed E-state index contributed by atoms with van der Waals surface area (Å²) < 4.78 is 6.03. The molecule has 0 radical (unpaired) electrons. The zero-order valence-electron chi connectivity index (χ0n) is 13.9. The zero-order valence-corrected chi connectivity index (χ0v) is 13.9. The number of hydrogen-bond acceptors (Lipinski definition) is 5. The minimum Gasteiger partial charge on any atom is -0.372 e. The van der Waals surface area contributed by atoms with Gasteiger partial charge in [0, 0.05) is 43.8 Å². The lowest BCUT2D eigenvalue weighted by molar-refractivity contribution is -0.115. The molecule has 0 saturated carbocycles. The molecule has 0 N–H and O–H groups in total. The molecular weight excluding hydrogens is 288 g/mol. The van der Waals surface area contributed by atoms with E-state index in [9.17, 15) is 0 Å². The molecular formula is C18H24N4O. The van der Waals surface area contributed by atoms with Gasteiger partial charge in [-0.05, 0) is 25.0 Å². The molecule has 0 amide bonds. The summed E-state index contributed by atoms with van der Waals surface area (Å²) in [6, 6.07) is 5.76. The number of nitrogens with zero attached hydrogens (tertiary/aromatic N) is 4. The monoisotopic (exact) mass is 312 g/mol. The molecule has 0 spiro atoms. The fourth-order valence-electron chi connectivity index (χ4n) is 3.06. The average molecular weight is 312 g/mol. The standard InChI is InChI=1S/C18H24N4O/c1-3-18(4-2)14-22(9-10-23-18)13-15-11-20-17(21-12-15)16-7-5-6-8-19-16/h5-8,11-12H,3-4,9-10,13-14H2,1-2H3. The van der Waals surface area contributed by atoms with E-state index < -0.39 is 0 Å². The van der Waals surface area contributed by atoms with Gasteiger partial charge in [-0.3, -0.25) is 9.88 Å². The highest BCUT2D eigenvalue weighted by Crippen LogP contribution is 2.26. The van der Waals surface area contributed by atoms with Gasteiger partial charge < -0.3 is 4.74 Å². The fraction of sp³-hybridized carbons (Fsp3) is 0.500. The van der Waals surface area contributed by atoms with Crippen LogP contribution >= 0.6 is 0 Å². The first-order valence-corrected chi connectivity index (χ1v) is 8.33. The molecule has 1 aliphatic heterocycles. The highest BCUT2D eigenvalue weighted by atomic mass is 16.5. The van der Waals surface area contributed by atoms with Gasteiger partial charge in [-0.15, -0.1) is 0 Å². The lowest BCUT2D eigenvalue weighted by atomic mass is 9.95. The van der Waals surface area contributed by atoms with Crippen LogP contribution in [0.4, 0.5) is 0 Å². The molecule has 1 saturated heterocycles. The van der Waals surface area contributed by atoms with Crippen LogP contribution in [0, 0.1) is 0 Å². The Kier molecular flexibility index (Phi) is 4.98. The second-order valence-corrected chi connectivity index (χ2v) is 6.08. The molecule has 2 aromatic heterocycles. The lowest BCUT2D eigenvalue weighted by Gasteiger charge is -2.42. The van der Waals surface area contributed by atoms with E-state index in [0.717, 1.165) is 50.3 Å². The first-order chi connectivity index (χ1) is 11.2. The highest BCUT2D eigenvalue weighted by Gasteiger charge is 2.33. The van der Waals surface area contributed by atoms with E-state index in [2.05, 4.69) is 33.7 Å². The molecule has 1 fully saturated rings. The van der Waals surface area contributed by atoms with Gasteiger partial charge in [0.1, 0.15) is 5.69 Å². The molecule has 3 rings (SSSR count). The molecule has 0 bridgehead atoms. The minimum absolute atomic E-state index is 0.00695. The second-order valence-electron chi connectivity index (χ2n) is 6.08. The van der Waals surface area contributed by atoms with Gasteiger partial charge in [-0.2, -0.15) is 0 Å². The van der Waals surface area contributed by atoms with Crippen LogP contribution in [0.15, 0.2) is 36.8 Å². The number of ether oxygens (including phenoxy) is 1. The summed E-state index contributed by atoms with van der Waals surface area (Å²) in [6.45, 7) is 8.02. The number of rotatable bonds is 5. The van der Waals surface area contributed by atoms with Crippen LogP contribution < -0.4 is 0 Å². The Morgan fingerprint density at radius 3 is 2.57 bits per heavy atom. The van der Waals surface area contributed by atoms with Gasteiger partial charge >= 0.3 is 0 Å². The first-order valence-electron chi connectivity index (χ1n) is 8.33. The van der Waals surface area contributed by atoms with Gasteiger partial charge in [-0.1, -0.05) is 19.9 Å². The molecule has 2 aromatic rings. The average Bonchev–Trinajstić information content (AvgIpc) is 2.63. The maximum Gasteiger partial charge on any atom is 0.178 e. The Balaban J connectivity index is 1.66. The third-order valence-corrected chi connectivity index (χ3v) is 4.62. The van der Waals surface area contributed by atoms with Crippen molar-refractivity contribution < 1.29 is 4.74 Å². The van der Waals surface area contributed by atoms with Crippen molar-refractivity contribution in [1.29, 1.82) is 0 Å². The molecule has 5 nitrogen and oxygen atoms in total. The fourth-order valence-corrected chi connectivity index (χ4v) is 3.06. The van der Waals surface area contributed by atoms with Crippen molar-refractivity contribution in [3.8, 4) is 11.5 Å². The smallest absolute Gasteiger partial charge is 0.178 e. The predicted molar refractivity (Wildman–Crippen MR) is 89.8 cm³/mol. The molecule has 3 heterocycles. The summed E-state index contributed by atoms with van der Waals surface area (Å²) in [5.74, 6) is 0.674. The van der Waals surface area contributed by atoms with Gasteiger partial charge in [0.25, 0.3) is 0 Å². The highest BCUT2D eigenvalue weighted by molar-refractivity contribution is 5.47. The topological polar surface area (TPSA) is 51.1 Å². The quantitative estimate of drug-likeness (QED) is 0.849. The maximum atomic E-state index is 6.03. The summed E-state index contributed by atoms with van der Waals surface area (Å²) in [7, 11) is 0. The third kappa shape index (κ3) is 3.74. The van der Waals surface area contributed by atoms with Crippen LogP contribution in [0.25, 0.3) is 11.5 Å². The van der Waals surface area contributed by atoms with E-state index in [1.165, 1.54) is 0 Å². The first kappa shape index (κ1) is 16.0. The molecule has 122 valence electrons. The zero-order chi connectivity index (χ0) is 16.1. The lowest BCUT2D eigenvalue weighted by Crippen LogP contribution is -2.50. The summed E-state index contributed by atoms with van der Waals surface area (Å²) in [5, 5.41) is 0. The van der Waals surface area contributed by atoms with E-state index in [1.807, 2.05) is 30.6 Å². The van der Waals surface area contributed by atoms with E-state index in [4.69, 9.17) is 4.74 Å². The Hall–Kier alpha value is -1.85. The molecule has 0 aliphatic carbocycles. The third-order valence-electron chi connectivity index (χ3n) is 4.62. The molecule has 23 heavy (non-hydrogen) atoms. The number of aromatic nitrogens is 3. The molecule has 0 atom stereocenters. The maximum absolute atomic E-state index is 6.03. The predicted octanol–water partition coefficient (Wildman–Crippen LogP) is 2.93. The van der Waals surface area contributed by atoms with E-state index in [0.29, 0.717) is 5.82 Å². The Morgan fingerprint density at radius 1 is 1.13 bits per heavy atom. The molecule has 1 aliphatic rings. The van der Waals surface area contributed by atoms with Crippen molar-refractivity contribution >= 4 is 0 Å². The summed E-state index contributed by atoms with van der Waals surface area (Å²) in [6.07, 6.45) is 7.68. The number of hydrogen-bond donors (Lipinski definition) is 0. The number of pyridine rings is 1. The molecule has 0 aromatic carbocycles. The largest absolute Gasteiger partial charge is 0.372 e. The van der Waals surface area contributed by atoms with Crippen molar-refractivity contribution in [2.45, 2.75) is 38.8 Å². The van der Waals surface area contributed by atoms with Crippen LogP contribution in [0.3, 0.4) is 0 Å². The molecule has 0 unspecified atom stereocenters. The SMILES string of the molecule is CCC1(CC)CN(Cc2cnc(-c3ccccn3)nc2)CCO1. The van der Waals surface area contributed by atoms with Crippen molar-refractivity contribution in [3.05, 3.63) is 42.4 Å². The van der Waals surface area contributed by atoms with Gasteiger partial charge in [0.05, 0.1) is 12.2 Å². The van der Waals surface area contributed by atoms with Crippen LogP contribution in [0.1, 0.15) is 32.3 Å². The van der Waals surface area contributed by atoms with Crippen molar-refractivity contribution in [2.24, 2.45) is 0 Å². The van der Waals surface area contributed by atoms with Crippen LogP contribution in [-0.2, 0) is 11.3 Å². The van der Waals surface area contributed by atoms with Crippen LogP contribution in [-0.4, -0.2) is 45.1 Å². The van der Waals surface area contributed by atoms with E-state index in [1.54, 1.807) is 6.20 Å². The van der Waals surface area contributed by atoms with Gasteiger partial charge in [0.2, 0.25) is 0 Å². The Labute approximate surface area is 137 Å². The molecule has 5 heteroatoms. The van der Waals surface area contributed by atoms with Crippen molar-refractivity contribution in [3.63, 3.8) is 0 Å². The van der Waals surface area contributed by atoms with E-state index >= 15 is 0 Å². The number of morpholine rings is 1. The van der Waals surface area contributed by atoms with Crippen molar-refractivity contribution in [1.82, 2.24) is 19.9 Å². The summed E-state index contributed by atoms with van der Waals surface area (Å²) >= 11 is 0. The van der Waals surface area contributed by atoms with E-state index in [-0.39, 0.29) is 5.60 Å². The Morgan fingerprint density at radius 2 is 1.91 bits per heavy atom. The second kappa shape index (κ2) is 7.15. The summed E-state index contributed by atoms with van der Waals surface area (Å²) in [5.41, 5.74) is 1.95. The van der Waals surface area contributed by atoms with Crippen LogP contribution in [0.2, 0.25) is 0 Å².